The average molecular weight is 220 g/mol. The summed E-state index contributed by atoms with van der Waals surface area (Å²) in [5.41, 5.74) is 1.03. The number of hydrogen-bond acceptors (Lipinski definition) is 3. The third-order valence-corrected chi connectivity index (χ3v) is 3.06. The largest absolute Gasteiger partial charge is 0.497 e. The van der Waals surface area contributed by atoms with Gasteiger partial charge in [0.05, 0.1) is 13.5 Å². The Morgan fingerprint density at radius 3 is 3.00 bits per heavy atom. The molecule has 1 aromatic carbocycles. The van der Waals surface area contributed by atoms with Gasteiger partial charge in [-0.25, -0.2) is 0 Å². The minimum atomic E-state index is -0.104. The van der Waals surface area contributed by atoms with Crippen molar-refractivity contribution in [3.05, 3.63) is 29.8 Å². The van der Waals surface area contributed by atoms with Gasteiger partial charge in [0.1, 0.15) is 11.9 Å². The Bertz CT molecular complexity index is 387. The maximum Gasteiger partial charge on any atom is 0.306 e. The highest BCUT2D eigenvalue weighted by Crippen LogP contribution is 2.38. The third-order valence-electron chi connectivity index (χ3n) is 3.06. The summed E-state index contributed by atoms with van der Waals surface area (Å²) in [5.74, 6) is 0.995. The van der Waals surface area contributed by atoms with Gasteiger partial charge in [0.2, 0.25) is 0 Å². The second-order valence-corrected chi connectivity index (χ2v) is 4.06. The van der Waals surface area contributed by atoms with E-state index < -0.39 is 0 Å². The fraction of sp³-hybridized carbons (Fsp3) is 0.462. The van der Waals surface area contributed by atoms with Gasteiger partial charge in [-0.3, -0.25) is 4.79 Å². The normalized spacial score (nSPS) is 24.2. The van der Waals surface area contributed by atoms with E-state index in [0.717, 1.165) is 17.7 Å². The monoisotopic (exact) mass is 220 g/mol. The third kappa shape index (κ3) is 2.03. The summed E-state index contributed by atoms with van der Waals surface area (Å²) < 4.78 is 10.5. The first-order chi connectivity index (χ1) is 7.74. The van der Waals surface area contributed by atoms with Crippen LogP contribution in [0.4, 0.5) is 0 Å². The van der Waals surface area contributed by atoms with E-state index in [4.69, 9.17) is 9.47 Å². The molecular weight excluding hydrogens is 204 g/mol. The van der Waals surface area contributed by atoms with Crippen molar-refractivity contribution in [1.29, 1.82) is 0 Å². The van der Waals surface area contributed by atoms with Crippen molar-refractivity contribution < 1.29 is 14.3 Å². The lowest BCUT2D eigenvalue weighted by Crippen LogP contribution is -2.06. The number of hydrogen-bond donors (Lipinski definition) is 0. The van der Waals surface area contributed by atoms with E-state index in [1.165, 1.54) is 0 Å². The number of methoxy groups -OCH3 is 1. The Hall–Kier alpha value is -1.51. The van der Waals surface area contributed by atoms with Crippen molar-refractivity contribution in [3.63, 3.8) is 0 Å². The molecule has 2 rings (SSSR count). The molecule has 0 saturated carbocycles. The van der Waals surface area contributed by atoms with Crippen LogP contribution >= 0.6 is 0 Å². The zero-order valence-electron chi connectivity index (χ0n) is 9.60. The molecule has 1 heterocycles. The van der Waals surface area contributed by atoms with Gasteiger partial charge in [-0.05, 0) is 24.1 Å². The van der Waals surface area contributed by atoms with Crippen molar-refractivity contribution in [1.82, 2.24) is 0 Å². The van der Waals surface area contributed by atoms with Gasteiger partial charge in [-0.2, -0.15) is 0 Å². The summed E-state index contributed by atoms with van der Waals surface area (Å²) in [7, 11) is 1.64. The summed E-state index contributed by atoms with van der Waals surface area (Å²) >= 11 is 0. The van der Waals surface area contributed by atoms with E-state index >= 15 is 0 Å². The van der Waals surface area contributed by atoms with Crippen LogP contribution < -0.4 is 4.74 Å². The summed E-state index contributed by atoms with van der Waals surface area (Å²) in [4.78, 5) is 11.3. The van der Waals surface area contributed by atoms with Crippen molar-refractivity contribution in [2.75, 3.05) is 7.11 Å². The summed E-state index contributed by atoms with van der Waals surface area (Å²) in [5, 5.41) is 0. The predicted molar refractivity (Wildman–Crippen MR) is 60.2 cm³/mol. The molecule has 0 radical (unpaired) electrons. The molecule has 86 valence electrons. The molecule has 0 spiro atoms. The predicted octanol–water partition coefficient (Wildman–Crippen LogP) is 2.71. The lowest BCUT2D eigenvalue weighted by Gasteiger charge is -2.16. The molecule has 1 aliphatic rings. The molecule has 0 aliphatic carbocycles. The van der Waals surface area contributed by atoms with E-state index in [2.05, 4.69) is 6.92 Å². The van der Waals surface area contributed by atoms with Crippen LogP contribution in [-0.2, 0) is 9.53 Å². The van der Waals surface area contributed by atoms with Crippen molar-refractivity contribution >= 4 is 5.97 Å². The first-order valence-corrected chi connectivity index (χ1v) is 5.58. The Labute approximate surface area is 95.4 Å². The highest BCUT2D eigenvalue weighted by Gasteiger charge is 2.34. The van der Waals surface area contributed by atoms with Crippen LogP contribution in [-0.4, -0.2) is 13.1 Å². The highest BCUT2D eigenvalue weighted by molar-refractivity contribution is 5.72. The molecule has 3 heteroatoms. The van der Waals surface area contributed by atoms with E-state index in [1.54, 1.807) is 7.11 Å². The van der Waals surface area contributed by atoms with E-state index in [0.29, 0.717) is 12.3 Å². The minimum absolute atomic E-state index is 0.0975. The number of esters is 1. The van der Waals surface area contributed by atoms with E-state index in [1.807, 2.05) is 24.3 Å². The maximum absolute atomic E-state index is 11.3. The number of ether oxygens (including phenoxy) is 2. The Morgan fingerprint density at radius 1 is 1.50 bits per heavy atom. The Balaban J connectivity index is 2.25. The zero-order chi connectivity index (χ0) is 11.5. The molecule has 0 amide bonds. The molecule has 1 fully saturated rings. The molecular formula is C13H16O3. The molecule has 0 bridgehead atoms. The van der Waals surface area contributed by atoms with Crippen LogP contribution in [0, 0.1) is 5.92 Å². The van der Waals surface area contributed by atoms with Crippen LogP contribution in [0.1, 0.15) is 31.4 Å². The van der Waals surface area contributed by atoms with Crippen LogP contribution in [0.3, 0.4) is 0 Å². The lowest BCUT2D eigenvalue weighted by atomic mass is 9.93. The van der Waals surface area contributed by atoms with Crippen LogP contribution in [0.5, 0.6) is 5.75 Å². The van der Waals surface area contributed by atoms with Crippen molar-refractivity contribution in [3.8, 4) is 5.75 Å². The van der Waals surface area contributed by atoms with Gasteiger partial charge in [0.15, 0.2) is 0 Å². The molecule has 3 nitrogen and oxygen atoms in total. The van der Waals surface area contributed by atoms with Crippen molar-refractivity contribution in [2.24, 2.45) is 5.92 Å². The molecule has 1 aromatic rings. The highest BCUT2D eigenvalue weighted by atomic mass is 16.5. The molecule has 16 heavy (non-hydrogen) atoms. The quantitative estimate of drug-likeness (QED) is 0.735. The smallest absolute Gasteiger partial charge is 0.306 e. The SMILES string of the molecule is CC[C@@H]1CC(=O)O[C@H]1c1cccc(OC)c1. The molecule has 0 aromatic heterocycles. The number of rotatable bonds is 3. The number of carbonyl (C=O) groups excluding carboxylic acids is 1. The van der Waals surface area contributed by atoms with Crippen LogP contribution in [0.15, 0.2) is 24.3 Å². The maximum atomic E-state index is 11.3. The zero-order valence-corrected chi connectivity index (χ0v) is 9.60. The van der Waals surface area contributed by atoms with Gasteiger partial charge in [0.25, 0.3) is 0 Å². The van der Waals surface area contributed by atoms with E-state index in [9.17, 15) is 4.79 Å². The minimum Gasteiger partial charge on any atom is -0.497 e. The van der Waals surface area contributed by atoms with Crippen LogP contribution in [0.25, 0.3) is 0 Å². The van der Waals surface area contributed by atoms with Gasteiger partial charge in [-0.1, -0.05) is 19.1 Å². The molecule has 0 unspecified atom stereocenters. The Kier molecular flexibility index (Phi) is 3.13. The topological polar surface area (TPSA) is 35.5 Å². The van der Waals surface area contributed by atoms with Gasteiger partial charge in [-0.15, -0.1) is 0 Å². The average Bonchev–Trinajstić information content (AvgIpc) is 2.70. The summed E-state index contributed by atoms with van der Waals surface area (Å²) in [6, 6.07) is 7.73. The second kappa shape index (κ2) is 4.56. The number of carbonyl (C=O) groups is 1. The second-order valence-electron chi connectivity index (χ2n) is 4.06. The van der Waals surface area contributed by atoms with E-state index in [-0.39, 0.29) is 12.1 Å². The fourth-order valence-electron chi connectivity index (χ4n) is 2.12. The first-order valence-electron chi connectivity index (χ1n) is 5.58. The molecule has 0 N–H and O–H groups in total. The summed E-state index contributed by atoms with van der Waals surface area (Å²) in [6.45, 7) is 2.08. The molecule has 1 saturated heterocycles. The molecule has 1 aliphatic heterocycles. The lowest BCUT2D eigenvalue weighted by molar-refractivity contribution is -0.141. The number of benzene rings is 1. The van der Waals surface area contributed by atoms with Gasteiger partial charge < -0.3 is 9.47 Å². The Morgan fingerprint density at radius 2 is 2.31 bits per heavy atom. The van der Waals surface area contributed by atoms with Crippen LogP contribution in [0.2, 0.25) is 0 Å². The first kappa shape index (κ1) is 11.0. The molecule has 2 atom stereocenters. The van der Waals surface area contributed by atoms with Crippen molar-refractivity contribution in [2.45, 2.75) is 25.9 Å². The van der Waals surface area contributed by atoms with Gasteiger partial charge in [0, 0.05) is 5.92 Å². The number of cyclic esters (lactones) is 1. The summed E-state index contributed by atoms with van der Waals surface area (Å²) in [6.07, 6.45) is 1.37. The standard InChI is InChI=1S/C13H16O3/c1-3-9-8-12(14)16-13(9)10-5-4-6-11(7-10)15-2/h4-7,9,13H,3,8H2,1-2H3/t9-,13-/m1/s1. The van der Waals surface area contributed by atoms with Gasteiger partial charge >= 0.3 is 5.97 Å². The fourth-order valence-corrected chi connectivity index (χ4v) is 2.12.